The number of carbonyl (C=O) groups is 1. The summed E-state index contributed by atoms with van der Waals surface area (Å²) < 4.78 is 1.80. The number of amides is 1. The van der Waals surface area contributed by atoms with Crippen LogP contribution in [-0.2, 0) is 12.8 Å². The van der Waals surface area contributed by atoms with Crippen LogP contribution in [0.3, 0.4) is 0 Å². The number of aromatic nitrogens is 4. The Morgan fingerprint density at radius 3 is 2.88 bits per heavy atom. The lowest BCUT2D eigenvalue weighted by Crippen LogP contribution is -2.28. The van der Waals surface area contributed by atoms with Gasteiger partial charge >= 0.3 is 0 Å². The van der Waals surface area contributed by atoms with Gasteiger partial charge in [-0.2, -0.15) is 0 Å². The average molecular weight is 374 g/mol. The third kappa shape index (κ3) is 4.26. The first-order valence-corrected chi connectivity index (χ1v) is 9.68. The molecule has 0 spiro atoms. The molecule has 1 amide bonds. The first-order chi connectivity index (χ1) is 12.0. The number of thioether (sulfide) groups is 1. The number of hydrogen-bond donors (Lipinski definition) is 1. The van der Waals surface area contributed by atoms with E-state index in [-0.39, 0.29) is 11.9 Å². The molecule has 8 heteroatoms. The molecule has 0 aliphatic rings. The second-order valence-corrected chi connectivity index (χ2v) is 7.72. The maximum atomic E-state index is 12.7. The minimum atomic E-state index is -0.223. The lowest BCUT2D eigenvalue weighted by atomic mass is 10.2. The van der Waals surface area contributed by atoms with Crippen LogP contribution in [0.2, 0.25) is 0 Å². The molecule has 3 aromatic rings. The molecule has 2 aromatic heterocycles. The Bertz CT molecular complexity index is 873. The highest BCUT2D eigenvalue weighted by atomic mass is 32.2. The summed E-state index contributed by atoms with van der Waals surface area (Å²) in [6.07, 6.45) is 1.62. The summed E-state index contributed by atoms with van der Waals surface area (Å²) in [5, 5.41) is 14.0. The van der Waals surface area contributed by atoms with E-state index in [9.17, 15) is 4.79 Å². The zero-order valence-electron chi connectivity index (χ0n) is 14.3. The number of benzene rings is 1. The van der Waals surface area contributed by atoms with Crippen molar-refractivity contribution in [3.63, 3.8) is 0 Å². The van der Waals surface area contributed by atoms with Crippen molar-refractivity contribution in [3.05, 3.63) is 58.1 Å². The zero-order valence-corrected chi connectivity index (χ0v) is 15.9. The molecular weight excluding hydrogens is 354 g/mol. The molecule has 0 aliphatic carbocycles. The van der Waals surface area contributed by atoms with Gasteiger partial charge in [-0.25, -0.2) is 4.98 Å². The number of carbonyl (C=O) groups excluding carboxylic acids is 1. The van der Waals surface area contributed by atoms with Gasteiger partial charge in [0, 0.05) is 23.1 Å². The van der Waals surface area contributed by atoms with Crippen LogP contribution < -0.4 is 5.32 Å². The van der Waals surface area contributed by atoms with E-state index in [0.717, 1.165) is 27.2 Å². The molecule has 0 saturated heterocycles. The van der Waals surface area contributed by atoms with Gasteiger partial charge in [-0.3, -0.25) is 4.79 Å². The predicted molar refractivity (Wildman–Crippen MR) is 99.7 cm³/mol. The molecule has 0 fully saturated rings. The van der Waals surface area contributed by atoms with E-state index >= 15 is 0 Å². The van der Waals surface area contributed by atoms with Gasteiger partial charge in [0.15, 0.2) is 5.82 Å². The second-order valence-electron chi connectivity index (χ2n) is 5.64. The van der Waals surface area contributed by atoms with Crippen molar-refractivity contribution in [2.75, 3.05) is 0 Å². The van der Waals surface area contributed by atoms with Gasteiger partial charge in [-0.15, -0.1) is 33.3 Å². The van der Waals surface area contributed by atoms with Crippen molar-refractivity contribution in [2.24, 2.45) is 7.05 Å². The minimum absolute atomic E-state index is 0.118. The monoisotopic (exact) mass is 373 g/mol. The highest BCUT2D eigenvalue weighted by Gasteiger charge is 2.17. The van der Waals surface area contributed by atoms with Gasteiger partial charge in [0.25, 0.3) is 5.91 Å². The van der Waals surface area contributed by atoms with Crippen molar-refractivity contribution in [3.8, 4) is 0 Å². The molecule has 0 bridgehead atoms. The van der Waals surface area contributed by atoms with Crippen molar-refractivity contribution in [1.82, 2.24) is 25.1 Å². The maximum absolute atomic E-state index is 12.7. The molecule has 25 heavy (non-hydrogen) atoms. The normalized spacial score (nSPS) is 12.1. The SMILES string of the molecule is Cc1nc(CSc2ccccc2C(=O)NC(C)c2nncn2C)cs1. The molecule has 1 aromatic carbocycles. The average Bonchev–Trinajstić information content (AvgIpc) is 3.21. The van der Waals surface area contributed by atoms with E-state index in [0.29, 0.717) is 5.56 Å². The fourth-order valence-electron chi connectivity index (χ4n) is 2.43. The third-order valence-corrected chi connectivity index (χ3v) is 5.58. The van der Waals surface area contributed by atoms with Crippen molar-refractivity contribution >= 4 is 29.0 Å². The number of nitrogens with zero attached hydrogens (tertiary/aromatic N) is 4. The van der Waals surface area contributed by atoms with Gasteiger partial charge in [0.05, 0.1) is 22.3 Å². The summed E-state index contributed by atoms with van der Waals surface area (Å²) in [7, 11) is 1.86. The lowest BCUT2D eigenvalue weighted by Gasteiger charge is -2.14. The van der Waals surface area contributed by atoms with Crippen LogP contribution in [0.5, 0.6) is 0 Å². The Morgan fingerprint density at radius 1 is 1.40 bits per heavy atom. The molecule has 3 rings (SSSR count). The molecule has 130 valence electrons. The Labute approximate surface area is 154 Å². The standard InChI is InChI=1S/C17H19N5OS2/c1-11(16-21-18-10-22(16)3)19-17(23)14-6-4-5-7-15(14)25-9-13-8-24-12(2)20-13/h4-8,10-11H,9H2,1-3H3,(H,19,23). The fourth-order valence-corrected chi connectivity index (χ4v) is 4.09. The lowest BCUT2D eigenvalue weighted by molar-refractivity contribution is 0.0935. The van der Waals surface area contributed by atoms with E-state index in [1.807, 2.05) is 45.2 Å². The summed E-state index contributed by atoms with van der Waals surface area (Å²) in [6.45, 7) is 3.89. The molecule has 0 radical (unpaired) electrons. The smallest absolute Gasteiger partial charge is 0.252 e. The molecule has 6 nitrogen and oxygen atoms in total. The highest BCUT2D eigenvalue weighted by Crippen LogP contribution is 2.27. The van der Waals surface area contributed by atoms with Gasteiger partial charge < -0.3 is 9.88 Å². The minimum Gasteiger partial charge on any atom is -0.342 e. The van der Waals surface area contributed by atoms with Crippen LogP contribution in [-0.4, -0.2) is 25.7 Å². The number of rotatable bonds is 6. The molecule has 0 aliphatic heterocycles. The number of hydrogen-bond acceptors (Lipinski definition) is 6. The van der Waals surface area contributed by atoms with Crippen LogP contribution in [0, 0.1) is 6.92 Å². The first kappa shape index (κ1) is 17.6. The summed E-state index contributed by atoms with van der Waals surface area (Å²) in [6, 6.07) is 7.40. The Morgan fingerprint density at radius 2 is 2.20 bits per heavy atom. The predicted octanol–water partition coefficient (Wildman–Crippen LogP) is 3.36. The van der Waals surface area contributed by atoms with Crippen molar-refractivity contribution in [2.45, 2.75) is 30.5 Å². The van der Waals surface area contributed by atoms with Crippen LogP contribution in [0.1, 0.15) is 39.8 Å². The maximum Gasteiger partial charge on any atom is 0.252 e. The van der Waals surface area contributed by atoms with E-state index in [1.54, 1.807) is 34.0 Å². The summed E-state index contributed by atoms with van der Waals surface area (Å²) in [5.41, 5.74) is 1.70. The Balaban J connectivity index is 1.71. The molecule has 1 atom stereocenters. The molecule has 1 unspecified atom stereocenters. The summed E-state index contributed by atoms with van der Waals surface area (Å²) >= 11 is 3.26. The molecule has 2 heterocycles. The van der Waals surface area contributed by atoms with Crippen LogP contribution in [0.25, 0.3) is 0 Å². The van der Waals surface area contributed by atoms with Crippen LogP contribution >= 0.6 is 23.1 Å². The summed E-state index contributed by atoms with van der Waals surface area (Å²) in [5.74, 6) is 1.34. The van der Waals surface area contributed by atoms with Crippen molar-refractivity contribution < 1.29 is 4.79 Å². The van der Waals surface area contributed by atoms with Crippen molar-refractivity contribution in [1.29, 1.82) is 0 Å². The summed E-state index contributed by atoms with van der Waals surface area (Å²) in [4.78, 5) is 18.1. The fraction of sp³-hybridized carbons (Fsp3) is 0.294. The Hall–Kier alpha value is -2.19. The molecule has 1 N–H and O–H groups in total. The largest absolute Gasteiger partial charge is 0.342 e. The van der Waals surface area contributed by atoms with E-state index in [1.165, 1.54) is 0 Å². The van der Waals surface area contributed by atoms with E-state index in [4.69, 9.17) is 0 Å². The van der Waals surface area contributed by atoms with Gasteiger partial charge in [-0.1, -0.05) is 12.1 Å². The molecule has 0 saturated carbocycles. The third-order valence-electron chi connectivity index (χ3n) is 3.66. The number of nitrogens with one attached hydrogen (secondary N) is 1. The van der Waals surface area contributed by atoms with E-state index < -0.39 is 0 Å². The van der Waals surface area contributed by atoms with Crippen LogP contribution in [0.4, 0.5) is 0 Å². The van der Waals surface area contributed by atoms with Crippen LogP contribution in [0.15, 0.2) is 40.9 Å². The quantitative estimate of drug-likeness (QED) is 0.671. The van der Waals surface area contributed by atoms with Gasteiger partial charge in [-0.05, 0) is 26.0 Å². The number of aryl methyl sites for hydroxylation is 2. The highest BCUT2D eigenvalue weighted by molar-refractivity contribution is 7.98. The van der Waals surface area contributed by atoms with Gasteiger partial charge in [0.2, 0.25) is 0 Å². The second kappa shape index (κ2) is 7.79. The van der Waals surface area contributed by atoms with Gasteiger partial charge in [0.1, 0.15) is 6.33 Å². The molecular formula is C17H19N5OS2. The number of thiazole rings is 1. The van der Waals surface area contributed by atoms with E-state index in [2.05, 4.69) is 25.9 Å². The zero-order chi connectivity index (χ0) is 17.8. The Kier molecular flexibility index (Phi) is 5.50. The first-order valence-electron chi connectivity index (χ1n) is 7.82. The topological polar surface area (TPSA) is 72.7 Å².